The monoisotopic (exact) mass is 442 g/mol. The number of carbonyl (C=O) groups excluding carboxylic acids is 2. The predicted octanol–water partition coefficient (Wildman–Crippen LogP) is 3.91. The average molecular weight is 443 g/mol. The van der Waals surface area contributed by atoms with Gasteiger partial charge in [0.05, 0.1) is 16.3 Å². The van der Waals surface area contributed by atoms with Gasteiger partial charge in [-0.25, -0.2) is 13.6 Å². The third kappa shape index (κ3) is 4.33. The highest BCUT2D eigenvalue weighted by Crippen LogP contribution is 2.34. The third-order valence-corrected chi connectivity index (χ3v) is 6.54. The molecule has 30 heavy (non-hydrogen) atoms. The van der Waals surface area contributed by atoms with Crippen molar-refractivity contribution in [1.82, 2.24) is 4.90 Å². The molecule has 2 aliphatic rings. The number of primary sulfonamides is 1. The zero-order valence-electron chi connectivity index (χ0n) is 15.8. The van der Waals surface area contributed by atoms with Crippen molar-refractivity contribution in [2.45, 2.75) is 17.7 Å². The molecule has 1 aromatic carbocycles. The van der Waals surface area contributed by atoms with E-state index in [2.05, 4.69) is 0 Å². The first-order chi connectivity index (χ1) is 14.3. The van der Waals surface area contributed by atoms with Crippen LogP contribution in [0.25, 0.3) is 17.4 Å². The topological polar surface area (TPSA) is 111 Å². The van der Waals surface area contributed by atoms with Gasteiger partial charge in [-0.05, 0) is 61.0 Å². The number of furan rings is 1. The van der Waals surface area contributed by atoms with E-state index in [9.17, 15) is 18.0 Å². The van der Waals surface area contributed by atoms with E-state index < -0.39 is 10.0 Å². The Bertz CT molecular complexity index is 1200. The van der Waals surface area contributed by atoms with E-state index in [0.29, 0.717) is 28.5 Å². The molecule has 0 radical (unpaired) electrons. The van der Waals surface area contributed by atoms with E-state index in [-0.39, 0.29) is 16.0 Å². The zero-order valence-corrected chi connectivity index (χ0v) is 17.4. The number of amides is 2. The highest BCUT2D eigenvalue weighted by Gasteiger charge is 2.35. The summed E-state index contributed by atoms with van der Waals surface area (Å²) in [5.41, 5.74) is 1.71. The summed E-state index contributed by atoms with van der Waals surface area (Å²) < 4.78 is 28.5. The molecule has 2 N–H and O–H groups in total. The Labute approximate surface area is 178 Å². The van der Waals surface area contributed by atoms with Gasteiger partial charge >= 0.3 is 0 Å². The maximum absolute atomic E-state index is 12.7. The largest absolute Gasteiger partial charge is 0.457 e. The highest BCUT2D eigenvalue weighted by atomic mass is 32.2. The van der Waals surface area contributed by atoms with E-state index in [1.807, 2.05) is 18.2 Å². The Morgan fingerprint density at radius 3 is 2.57 bits per heavy atom. The standard InChI is InChI=1S/C21H18N2O5S2/c22-30(26,27)17-9-6-15(7-10-17)18-11-8-16(28-18)12-19-20(24)23(21(25)29-19)13-14-4-2-1-3-5-14/h1-2,4,6-12H,3,5,13H2,(H2,22,26,27). The summed E-state index contributed by atoms with van der Waals surface area (Å²) in [6.45, 7) is 0.298. The van der Waals surface area contributed by atoms with Gasteiger partial charge in [0, 0.05) is 11.6 Å². The van der Waals surface area contributed by atoms with Crippen LogP contribution < -0.4 is 5.14 Å². The van der Waals surface area contributed by atoms with Gasteiger partial charge in [-0.2, -0.15) is 0 Å². The number of sulfonamides is 1. The minimum Gasteiger partial charge on any atom is -0.457 e. The van der Waals surface area contributed by atoms with Crippen molar-refractivity contribution in [3.63, 3.8) is 0 Å². The van der Waals surface area contributed by atoms with Gasteiger partial charge in [-0.3, -0.25) is 14.5 Å². The van der Waals surface area contributed by atoms with E-state index in [1.54, 1.807) is 30.3 Å². The Morgan fingerprint density at radius 2 is 1.90 bits per heavy atom. The first kappa shape index (κ1) is 20.4. The lowest BCUT2D eigenvalue weighted by Gasteiger charge is -2.16. The van der Waals surface area contributed by atoms with Crippen LogP contribution in [0.3, 0.4) is 0 Å². The second-order valence-electron chi connectivity index (χ2n) is 6.83. The molecule has 2 heterocycles. The molecule has 0 atom stereocenters. The molecule has 154 valence electrons. The van der Waals surface area contributed by atoms with Gasteiger partial charge in [-0.1, -0.05) is 23.8 Å². The van der Waals surface area contributed by atoms with Crippen LogP contribution >= 0.6 is 11.8 Å². The summed E-state index contributed by atoms with van der Waals surface area (Å²) in [6, 6.07) is 9.36. The predicted molar refractivity (Wildman–Crippen MR) is 115 cm³/mol. The molecule has 0 unspecified atom stereocenters. The zero-order chi connectivity index (χ0) is 21.3. The van der Waals surface area contributed by atoms with Gasteiger partial charge in [0.25, 0.3) is 11.1 Å². The molecule has 1 fully saturated rings. The van der Waals surface area contributed by atoms with E-state index in [4.69, 9.17) is 9.56 Å². The van der Waals surface area contributed by atoms with E-state index in [1.165, 1.54) is 17.0 Å². The molecule has 1 aromatic heterocycles. The number of hydrogen-bond donors (Lipinski definition) is 1. The molecule has 2 aromatic rings. The number of nitrogens with two attached hydrogens (primary N) is 1. The molecule has 0 saturated carbocycles. The number of nitrogens with zero attached hydrogens (tertiary/aromatic N) is 1. The number of benzene rings is 1. The first-order valence-corrected chi connectivity index (χ1v) is 11.5. The third-order valence-electron chi connectivity index (χ3n) is 4.70. The van der Waals surface area contributed by atoms with Crippen LogP contribution in [0.5, 0.6) is 0 Å². The van der Waals surface area contributed by atoms with Crippen molar-refractivity contribution < 1.29 is 22.4 Å². The Morgan fingerprint density at radius 1 is 1.13 bits per heavy atom. The van der Waals surface area contributed by atoms with Gasteiger partial charge < -0.3 is 4.42 Å². The Kier molecular flexibility index (Phi) is 5.50. The lowest BCUT2D eigenvalue weighted by molar-refractivity contribution is -0.122. The molecule has 1 aliphatic heterocycles. The minimum absolute atomic E-state index is 0.00951. The van der Waals surface area contributed by atoms with Crippen molar-refractivity contribution in [2.24, 2.45) is 5.14 Å². The first-order valence-electron chi connectivity index (χ1n) is 9.14. The van der Waals surface area contributed by atoms with E-state index in [0.717, 1.165) is 30.2 Å². The number of allylic oxidation sites excluding steroid dienone is 3. The quantitative estimate of drug-likeness (QED) is 0.703. The molecule has 2 amide bonds. The fraction of sp³-hybridized carbons (Fsp3) is 0.143. The summed E-state index contributed by atoms with van der Waals surface area (Å²) in [6.07, 6.45) is 9.22. The van der Waals surface area contributed by atoms with Crippen molar-refractivity contribution >= 4 is 39.0 Å². The highest BCUT2D eigenvalue weighted by molar-refractivity contribution is 8.18. The number of rotatable bonds is 5. The SMILES string of the molecule is NS(=O)(=O)c1ccc(-c2ccc(C=C3SC(=O)N(CC4=CC=CCC4)C3=O)o2)cc1. The molecule has 1 aliphatic carbocycles. The van der Waals surface area contributed by atoms with Gasteiger partial charge in [0.1, 0.15) is 11.5 Å². The normalized spacial score (nSPS) is 18.4. The van der Waals surface area contributed by atoms with Crippen LogP contribution in [0.15, 0.2) is 74.4 Å². The lowest BCUT2D eigenvalue weighted by Crippen LogP contribution is -2.30. The second kappa shape index (κ2) is 8.10. The summed E-state index contributed by atoms with van der Waals surface area (Å²) in [4.78, 5) is 26.5. The van der Waals surface area contributed by atoms with Crippen LogP contribution in [0.1, 0.15) is 18.6 Å². The summed E-state index contributed by atoms with van der Waals surface area (Å²) >= 11 is 0.888. The molecule has 7 nitrogen and oxygen atoms in total. The van der Waals surface area contributed by atoms with Crippen LogP contribution in [0.4, 0.5) is 4.79 Å². The van der Waals surface area contributed by atoms with Crippen LogP contribution in [0.2, 0.25) is 0 Å². The Balaban J connectivity index is 1.51. The van der Waals surface area contributed by atoms with Gasteiger partial charge in [-0.15, -0.1) is 0 Å². The number of carbonyl (C=O) groups is 2. The van der Waals surface area contributed by atoms with Gasteiger partial charge in [0.15, 0.2) is 0 Å². The van der Waals surface area contributed by atoms with Crippen LogP contribution in [0, 0.1) is 0 Å². The molecule has 1 saturated heterocycles. The maximum atomic E-state index is 12.7. The van der Waals surface area contributed by atoms with Crippen molar-refractivity contribution in [3.05, 3.63) is 70.9 Å². The molecule has 9 heteroatoms. The second-order valence-corrected chi connectivity index (χ2v) is 9.39. The molecule has 4 rings (SSSR count). The molecule has 0 bridgehead atoms. The van der Waals surface area contributed by atoms with Crippen LogP contribution in [-0.4, -0.2) is 31.0 Å². The fourth-order valence-electron chi connectivity index (χ4n) is 3.15. The minimum atomic E-state index is -3.76. The lowest BCUT2D eigenvalue weighted by atomic mass is 10.0. The van der Waals surface area contributed by atoms with Crippen molar-refractivity contribution in [1.29, 1.82) is 0 Å². The van der Waals surface area contributed by atoms with E-state index >= 15 is 0 Å². The fourth-order valence-corrected chi connectivity index (χ4v) is 4.48. The van der Waals surface area contributed by atoms with Crippen LogP contribution in [-0.2, 0) is 14.8 Å². The smallest absolute Gasteiger partial charge is 0.293 e. The summed E-state index contributed by atoms with van der Waals surface area (Å²) in [5, 5.41) is 4.80. The number of hydrogen-bond acceptors (Lipinski definition) is 6. The van der Waals surface area contributed by atoms with Crippen molar-refractivity contribution in [2.75, 3.05) is 6.54 Å². The molecular formula is C21H18N2O5S2. The Hall–Kier alpha value is -2.88. The number of thioether (sulfide) groups is 1. The summed E-state index contributed by atoms with van der Waals surface area (Å²) in [7, 11) is -3.76. The maximum Gasteiger partial charge on any atom is 0.293 e. The van der Waals surface area contributed by atoms with Crippen molar-refractivity contribution in [3.8, 4) is 11.3 Å². The summed E-state index contributed by atoms with van der Waals surface area (Å²) in [5.74, 6) is 0.586. The number of imide groups is 1. The molecule has 0 spiro atoms. The van der Waals surface area contributed by atoms with Gasteiger partial charge in [0.2, 0.25) is 10.0 Å². The average Bonchev–Trinajstić information content (AvgIpc) is 3.29. The molecular weight excluding hydrogens is 424 g/mol.